The van der Waals surface area contributed by atoms with Crippen molar-refractivity contribution >= 4 is 13.2 Å². The molecule has 152 valence electrons. The average molecular weight is 420 g/mol. The third-order valence-electron chi connectivity index (χ3n) is 6.01. The molecule has 0 amide bonds. The lowest BCUT2D eigenvalue weighted by Crippen LogP contribution is -2.07. The number of fused-ring (bicyclic) bond motifs is 1. The standard InChI is InChI=1S/C29H26NP/c1-30(2)24-19-16-22(17-20-24)18-21-28-26-14-9-15-27(26)29(23-10-5-3-6-11-23)31(28)25-12-7-4-8-13-25/h3-8,10-13,16-17,19-20H,9,14-15H2,1-2H3. The summed E-state index contributed by atoms with van der Waals surface area (Å²) in [6.45, 7) is 0. The zero-order valence-corrected chi connectivity index (χ0v) is 19.0. The van der Waals surface area contributed by atoms with Gasteiger partial charge in [0.2, 0.25) is 0 Å². The summed E-state index contributed by atoms with van der Waals surface area (Å²) in [5, 5.41) is 4.30. The van der Waals surface area contributed by atoms with Gasteiger partial charge >= 0.3 is 0 Å². The molecule has 1 heterocycles. The first-order chi connectivity index (χ1) is 15.2. The number of nitrogens with zero attached hydrogens (tertiary/aromatic N) is 1. The lowest BCUT2D eigenvalue weighted by Gasteiger charge is -2.11. The zero-order valence-electron chi connectivity index (χ0n) is 18.1. The zero-order chi connectivity index (χ0) is 21.2. The van der Waals surface area contributed by atoms with Crippen LogP contribution in [-0.2, 0) is 12.8 Å². The predicted octanol–water partition coefficient (Wildman–Crippen LogP) is 7.28. The van der Waals surface area contributed by atoms with Crippen molar-refractivity contribution in [1.29, 1.82) is 0 Å². The highest BCUT2D eigenvalue weighted by molar-refractivity contribution is 7.61. The predicted molar refractivity (Wildman–Crippen MR) is 135 cm³/mol. The van der Waals surface area contributed by atoms with Crippen molar-refractivity contribution in [1.82, 2.24) is 0 Å². The highest BCUT2D eigenvalue weighted by atomic mass is 31.1. The van der Waals surface area contributed by atoms with E-state index in [1.807, 2.05) is 0 Å². The van der Waals surface area contributed by atoms with Crippen LogP contribution in [0, 0.1) is 11.8 Å². The Labute approximate surface area is 186 Å². The third-order valence-corrected chi connectivity index (χ3v) is 8.63. The molecule has 1 unspecified atom stereocenters. The van der Waals surface area contributed by atoms with E-state index >= 15 is 0 Å². The van der Waals surface area contributed by atoms with Gasteiger partial charge in [0.05, 0.1) is 5.30 Å². The number of hydrogen-bond acceptors (Lipinski definition) is 1. The molecule has 1 aliphatic carbocycles. The molecule has 1 aliphatic rings. The van der Waals surface area contributed by atoms with Crippen molar-refractivity contribution < 1.29 is 0 Å². The minimum absolute atomic E-state index is 0.612. The number of benzene rings is 3. The maximum atomic E-state index is 3.67. The topological polar surface area (TPSA) is 3.24 Å². The van der Waals surface area contributed by atoms with Crippen molar-refractivity contribution in [3.63, 3.8) is 0 Å². The SMILES string of the molecule is CN(C)c1ccc(C#Cc2c3c(c(-c4ccccc4)p2-c2ccccc2)CCC3)cc1. The summed E-state index contributed by atoms with van der Waals surface area (Å²) in [5.41, 5.74) is 6.72. The van der Waals surface area contributed by atoms with Crippen molar-refractivity contribution in [2.45, 2.75) is 19.3 Å². The van der Waals surface area contributed by atoms with Gasteiger partial charge in [-0.1, -0.05) is 80.0 Å². The lowest BCUT2D eigenvalue weighted by molar-refractivity contribution is 0.911. The van der Waals surface area contributed by atoms with E-state index in [0.717, 1.165) is 12.0 Å². The van der Waals surface area contributed by atoms with E-state index in [1.165, 1.54) is 45.6 Å². The molecule has 4 aromatic rings. The fourth-order valence-corrected chi connectivity index (χ4v) is 7.31. The molecule has 2 heteroatoms. The van der Waals surface area contributed by atoms with E-state index < -0.39 is 7.53 Å². The van der Waals surface area contributed by atoms with Crippen molar-refractivity contribution in [3.05, 3.63) is 107 Å². The van der Waals surface area contributed by atoms with Crippen LogP contribution >= 0.6 is 7.53 Å². The summed E-state index contributed by atoms with van der Waals surface area (Å²) in [6, 6.07) is 30.5. The summed E-state index contributed by atoms with van der Waals surface area (Å²) < 4.78 is 0. The molecule has 3 aromatic carbocycles. The van der Waals surface area contributed by atoms with E-state index in [-0.39, 0.29) is 0 Å². The van der Waals surface area contributed by atoms with Crippen LogP contribution in [-0.4, -0.2) is 14.1 Å². The van der Waals surface area contributed by atoms with Crippen LogP contribution in [0.4, 0.5) is 5.69 Å². The van der Waals surface area contributed by atoms with Crippen molar-refractivity contribution in [2.75, 3.05) is 19.0 Å². The maximum Gasteiger partial charge on any atom is 0.0526 e. The van der Waals surface area contributed by atoms with Gasteiger partial charge < -0.3 is 4.90 Å². The van der Waals surface area contributed by atoms with E-state index in [9.17, 15) is 0 Å². The quantitative estimate of drug-likeness (QED) is 0.315. The van der Waals surface area contributed by atoms with Crippen LogP contribution in [0.2, 0.25) is 0 Å². The minimum atomic E-state index is -0.612. The van der Waals surface area contributed by atoms with Gasteiger partial charge in [-0.15, -0.1) is 0 Å². The monoisotopic (exact) mass is 419 g/mol. The summed E-state index contributed by atoms with van der Waals surface area (Å²) in [6.07, 6.45) is 3.57. The molecule has 0 aliphatic heterocycles. The highest BCUT2D eigenvalue weighted by Gasteiger charge is 2.27. The van der Waals surface area contributed by atoms with E-state index in [4.69, 9.17) is 0 Å². The Morgan fingerprint density at radius 2 is 1.35 bits per heavy atom. The van der Waals surface area contributed by atoms with Gasteiger partial charge in [-0.2, -0.15) is 0 Å². The smallest absolute Gasteiger partial charge is 0.0526 e. The van der Waals surface area contributed by atoms with Gasteiger partial charge in [0.1, 0.15) is 0 Å². The average Bonchev–Trinajstić information content (AvgIpc) is 3.40. The Balaban J connectivity index is 1.69. The molecule has 0 saturated heterocycles. The summed E-state index contributed by atoms with van der Waals surface area (Å²) in [7, 11) is 3.52. The second-order valence-corrected chi connectivity index (χ2v) is 10.3. The Hall–Kier alpha value is -3.20. The van der Waals surface area contributed by atoms with Gasteiger partial charge in [-0.3, -0.25) is 0 Å². The van der Waals surface area contributed by atoms with Gasteiger partial charge in [-0.05, 0) is 65.5 Å². The van der Waals surface area contributed by atoms with Gasteiger partial charge in [-0.25, -0.2) is 0 Å². The van der Waals surface area contributed by atoms with Gasteiger partial charge in [0.15, 0.2) is 0 Å². The third kappa shape index (κ3) is 3.81. The Morgan fingerprint density at radius 3 is 2.03 bits per heavy atom. The van der Waals surface area contributed by atoms with E-state index in [0.29, 0.717) is 0 Å². The van der Waals surface area contributed by atoms with E-state index in [1.54, 1.807) is 5.56 Å². The second-order valence-electron chi connectivity index (χ2n) is 8.24. The second kappa shape index (κ2) is 8.50. The summed E-state index contributed by atoms with van der Waals surface area (Å²) in [5.74, 6) is 7.17. The molecule has 0 radical (unpaired) electrons. The van der Waals surface area contributed by atoms with Crippen LogP contribution < -0.4 is 4.90 Å². The Morgan fingerprint density at radius 1 is 0.710 bits per heavy atom. The number of rotatable bonds is 3. The molecular formula is C29H26NP. The minimum Gasteiger partial charge on any atom is -0.378 e. The molecule has 1 nitrogen and oxygen atoms in total. The Kier molecular flexibility index (Phi) is 5.42. The summed E-state index contributed by atoms with van der Waals surface area (Å²) in [4.78, 5) is 2.12. The first kappa shape index (κ1) is 19.7. The lowest BCUT2D eigenvalue weighted by atomic mass is 10.1. The molecule has 5 rings (SSSR count). The fourth-order valence-electron chi connectivity index (χ4n) is 4.49. The van der Waals surface area contributed by atoms with Crippen LogP contribution in [0.25, 0.3) is 16.2 Å². The van der Waals surface area contributed by atoms with Gasteiger partial charge in [0, 0.05) is 30.6 Å². The molecule has 0 N–H and O–H groups in total. The van der Waals surface area contributed by atoms with E-state index in [2.05, 4.69) is 116 Å². The Bertz CT molecular complexity index is 1250. The van der Waals surface area contributed by atoms with Crippen LogP contribution in [0.3, 0.4) is 0 Å². The molecule has 1 aromatic heterocycles. The first-order valence-electron chi connectivity index (χ1n) is 10.9. The normalized spacial score (nSPS) is 12.8. The molecule has 0 saturated carbocycles. The molecule has 31 heavy (non-hydrogen) atoms. The van der Waals surface area contributed by atoms with Gasteiger partial charge in [0.25, 0.3) is 0 Å². The first-order valence-corrected chi connectivity index (χ1v) is 12.2. The maximum absolute atomic E-state index is 3.67. The molecule has 1 atom stereocenters. The highest BCUT2D eigenvalue weighted by Crippen LogP contribution is 2.58. The van der Waals surface area contributed by atoms with Crippen LogP contribution in [0.1, 0.15) is 28.4 Å². The van der Waals surface area contributed by atoms with Crippen LogP contribution in [0.15, 0.2) is 84.9 Å². The summed E-state index contributed by atoms with van der Waals surface area (Å²) >= 11 is 0. The number of hydrogen-bond donors (Lipinski definition) is 0. The largest absolute Gasteiger partial charge is 0.378 e. The molecule has 0 fully saturated rings. The molecular weight excluding hydrogens is 393 g/mol. The molecule has 0 spiro atoms. The van der Waals surface area contributed by atoms with Crippen molar-refractivity contribution in [2.24, 2.45) is 0 Å². The van der Waals surface area contributed by atoms with Crippen molar-refractivity contribution in [3.8, 4) is 28.0 Å². The van der Waals surface area contributed by atoms with Crippen LogP contribution in [0.5, 0.6) is 0 Å². The fraction of sp³-hybridized carbons (Fsp3) is 0.172. The number of anilines is 1. The molecule has 0 bridgehead atoms.